The van der Waals surface area contributed by atoms with Crippen molar-refractivity contribution in [2.45, 2.75) is 82.9 Å². The molecule has 0 spiro atoms. The van der Waals surface area contributed by atoms with E-state index in [0.29, 0.717) is 32.5 Å². The molecule has 1 aliphatic carbocycles. The first-order chi connectivity index (χ1) is 19.2. The third-order valence-corrected chi connectivity index (χ3v) is 7.95. The predicted octanol–water partition coefficient (Wildman–Crippen LogP) is 4.14. The molecule has 1 aliphatic heterocycles. The summed E-state index contributed by atoms with van der Waals surface area (Å²) in [6.07, 6.45) is 6.47. The Labute approximate surface area is 245 Å². The van der Waals surface area contributed by atoms with Crippen molar-refractivity contribution in [1.82, 2.24) is 25.0 Å². The highest BCUT2D eigenvalue weighted by Gasteiger charge is 2.54. The van der Waals surface area contributed by atoms with Crippen molar-refractivity contribution < 1.29 is 19.4 Å². The van der Waals surface area contributed by atoms with E-state index >= 15 is 0 Å². The van der Waals surface area contributed by atoms with Gasteiger partial charge in [-0.15, -0.1) is 0 Å². The van der Waals surface area contributed by atoms with E-state index in [2.05, 4.69) is 32.8 Å². The molecule has 220 valence electrons. The number of nitrogens with one attached hydrogen (secondary N) is 2. The lowest BCUT2D eigenvalue weighted by atomic mass is 10.1. The third kappa shape index (κ3) is 8.09. The Bertz CT molecular complexity index is 1170. The molecule has 12 heteroatoms. The Morgan fingerprint density at radius 2 is 2.02 bits per heavy atom. The maximum atomic E-state index is 13.2. The molecule has 1 atom stereocenters. The number of carboxylic acids is 1. The minimum atomic E-state index is -1.07. The largest absolute Gasteiger partial charge is 0.480 e. The summed E-state index contributed by atoms with van der Waals surface area (Å²) >= 11 is 12.2. The number of carboxylic acid groups (broad SMARTS) is 1. The maximum Gasteiger partial charge on any atom is 0.326 e. The summed E-state index contributed by atoms with van der Waals surface area (Å²) in [5.74, 6) is -0.452. The van der Waals surface area contributed by atoms with Crippen LogP contribution in [0.3, 0.4) is 0 Å². The number of pyridine rings is 1. The number of aryl methyl sites for hydroxylation is 2. The van der Waals surface area contributed by atoms with Crippen molar-refractivity contribution in [2.24, 2.45) is 0 Å². The Hall–Kier alpha value is -2.40. The summed E-state index contributed by atoms with van der Waals surface area (Å²) in [6.45, 7) is 7.52. The van der Waals surface area contributed by atoms with Gasteiger partial charge in [-0.2, -0.15) is 5.10 Å². The number of carbonyl (C=O) groups excluding carboxylic acids is 1. The number of unbranched alkanes of at least 4 members (excludes halogenated alkanes) is 1. The molecule has 2 aromatic heterocycles. The van der Waals surface area contributed by atoms with Crippen LogP contribution in [0.2, 0.25) is 10.3 Å². The zero-order valence-corrected chi connectivity index (χ0v) is 24.8. The van der Waals surface area contributed by atoms with Gasteiger partial charge in [0.15, 0.2) is 5.15 Å². The number of fused-ring (bicyclic) bond motifs is 1. The lowest BCUT2D eigenvalue weighted by Gasteiger charge is -2.26. The standard InChI is InChI=1S/C28H40Cl2N6O4/c1-19(2)40-17-16-35(14-4-3-7-21-9-8-20-6-5-13-31-25(20)32-21)15-10-22(26(37)38)33-27(39)28(11-12-28)36-24(30)18-23(29)34-36/h8-9,18-19,22H,3-7,10-17H2,1-2H3,(H,31,32)(H,33,39)(H,37,38). The number of hydrogen-bond acceptors (Lipinski definition) is 7. The van der Waals surface area contributed by atoms with Crippen LogP contribution in [0.1, 0.15) is 63.6 Å². The molecule has 1 saturated carbocycles. The van der Waals surface area contributed by atoms with Crippen LogP contribution in [-0.2, 0) is 32.7 Å². The number of halogens is 2. The third-order valence-electron chi connectivity index (χ3n) is 7.49. The second kappa shape index (κ2) is 14.0. The Kier molecular flexibility index (Phi) is 10.7. The monoisotopic (exact) mass is 594 g/mol. The smallest absolute Gasteiger partial charge is 0.326 e. The normalized spacial score (nSPS) is 16.4. The van der Waals surface area contributed by atoms with Crippen LogP contribution in [0.25, 0.3) is 0 Å². The minimum absolute atomic E-state index is 0.119. The van der Waals surface area contributed by atoms with Crippen LogP contribution >= 0.6 is 23.2 Å². The second-order valence-electron chi connectivity index (χ2n) is 10.9. The molecule has 0 radical (unpaired) electrons. The fourth-order valence-corrected chi connectivity index (χ4v) is 5.59. The zero-order valence-electron chi connectivity index (χ0n) is 23.3. The molecule has 1 fully saturated rings. The van der Waals surface area contributed by atoms with Gasteiger partial charge >= 0.3 is 5.97 Å². The number of carbonyl (C=O) groups is 2. The van der Waals surface area contributed by atoms with Gasteiger partial charge in [0.25, 0.3) is 0 Å². The van der Waals surface area contributed by atoms with Crippen LogP contribution < -0.4 is 10.6 Å². The van der Waals surface area contributed by atoms with Crippen molar-refractivity contribution in [3.05, 3.63) is 39.8 Å². The number of amides is 1. The molecule has 1 unspecified atom stereocenters. The summed E-state index contributed by atoms with van der Waals surface area (Å²) in [5, 5.41) is 20.6. The van der Waals surface area contributed by atoms with E-state index in [1.807, 2.05) is 13.8 Å². The molecule has 10 nitrogen and oxygen atoms in total. The Morgan fingerprint density at radius 3 is 2.70 bits per heavy atom. The van der Waals surface area contributed by atoms with Gasteiger partial charge in [0.2, 0.25) is 5.91 Å². The molecule has 0 aromatic carbocycles. The Balaban J connectivity index is 1.29. The highest BCUT2D eigenvalue weighted by molar-refractivity contribution is 6.33. The van der Waals surface area contributed by atoms with Gasteiger partial charge in [-0.3, -0.25) is 4.79 Å². The van der Waals surface area contributed by atoms with E-state index < -0.39 is 23.5 Å². The fraction of sp³-hybridized carbons (Fsp3) is 0.643. The summed E-state index contributed by atoms with van der Waals surface area (Å²) in [6, 6.07) is 4.74. The van der Waals surface area contributed by atoms with Crippen LogP contribution in [0, 0.1) is 0 Å². The van der Waals surface area contributed by atoms with Gasteiger partial charge in [0.05, 0.1) is 12.7 Å². The molecular weight excluding hydrogens is 555 g/mol. The number of aromatic nitrogens is 3. The van der Waals surface area contributed by atoms with E-state index in [1.54, 1.807) is 0 Å². The van der Waals surface area contributed by atoms with Crippen molar-refractivity contribution >= 4 is 40.9 Å². The van der Waals surface area contributed by atoms with Gasteiger partial charge < -0.3 is 25.4 Å². The number of aliphatic carboxylic acids is 1. The van der Waals surface area contributed by atoms with Gasteiger partial charge in [-0.1, -0.05) is 29.3 Å². The molecule has 4 rings (SSSR count). The molecule has 40 heavy (non-hydrogen) atoms. The first kappa shape index (κ1) is 30.6. The average molecular weight is 596 g/mol. The number of nitrogens with zero attached hydrogens (tertiary/aromatic N) is 4. The lowest BCUT2D eigenvalue weighted by Crippen LogP contribution is -2.49. The number of rotatable bonds is 16. The first-order valence-electron chi connectivity index (χ1n) is 14.2. The van der Waals surface area contributed by atoms with Gasteiger partial charge in [0.1, 0.15) is 22.6 Å². The summed E-state index contributed by atoms with van der Waals surface area (Å²) < 4.78 is 7.15. The SMILES string of the molecule is CC(C)OCCN(CCCCc1ccc2c(n1)NCCC2)CCC(NC(=O)C1(n2nc(Cl)cc2Cl)CC1)C(=O)O. The van der Waals surface area contributed by atoms with Gasteiger partial charge in [-0.25, -0.2) is 14.5 Å². The van der Waals surface area contributed by atoms with E-state index in [-0.39, 0.29) is 22.8 Å². The van der Waals surface area contributed by atoms with Crippen LogP contribution in [0.5, 0.6) is 0 Å². The maximum absolute atomic E-state index is 13.2. The highest BCUT2D eigenvalue weighted by Crippen LogP contribution is 2.45. The molecule has 0 saturated heterocycles. The quantitative estimate of drug-likeness (QED) is 0.248. The van der Waals surface area contributed by atoms with Crippen molar-refractivity contribution in [2.75, 3.05) is 38.1 Å². The summed E-state index contributed by atoms with van der Waals surface area (Å²) in [5.41, 5.74) is 1.39. The molecule has 2 aliphatic rings. The zero-order chi connectivity index (χ0) is 28.7. The average Bonchev–Trinajstić information content (AvgIpc) is 3.65. The number of anilines is 1. The molecular formula is C28H40Cl2N6O4. The van der Waals surface area contributed by atoms with E-state index in [0.717, 1.165) is 56.7 Å². The van der Waals surface area contributed by atoms with Gasteiger partial charge in [-0.05, 0) is 83.4 Å². The molecule has 0 bridgehead atoms. The summed E-state index contributed by atoms with van der Waals surface area (Å²) in [4.78, 5) is 32.2. The van der Waals surface area contributed by atoms with E-state index in [9.17, 15) is 14.7 Å². The van der Waals surface area contributed by atoms with Crippen LogP contribution in [0.15, 0.2) is 18.2 Å². The predicted molar refractivity (Wildman–Crippen MR) is 155 cm³/mol. The molecule has 3 heterocycles. The molecule has 3 N–H and O–H groups in total. The van der Waals surface area contributed by atoms with Gasteiger partial charge in [0, 0.05) is 31.4 Å². The van der Waals surface area contributed by atoms with E-state index in [1.165, 1.54) is 16.3 Å². The highest BCUT2D eigenvalue weighted by atomic mass is 35.5. The van der Waals surface area contributed by atoms with Crippen molar-refractivity contribution in [3.8, 4) is 0 Å². The molecule has 1 amide bonds. The summed E-state index contributed by atoms with van der Waals surface area (Å²) in [7, 11) is 0. The van der Waals surface area contributed by atoms with Crippen molar-refractivity contribution in [3.63, 3.8) is 0 Å². The molecule has 2 aromatic rings. The minimum Gasteiger partial charge on any atom is -0.480 e. The lowest BCUT2D eigenvalue weighted by molar-refractivity contribution is -0.143. The van der Waals surface area contributed by atoms with E-state index in [4.69, 9.17) is 32.9 Å². The topological polar surface area (TPSA) is 122 Å². The Morgan fingerprint density at radius 1 is 1.23 bits per heavy atom. The van der Waals surface area contributed by atoms with Crippen LogP contribution in [0.4, 0.5) is 5.82 Å². The number of hydrogen-bond donors (Lipinski definition) is 3. The fourth-order valence-electron chi connectivity index (χ4n) is 5.05. The van der Waals surface area contributed by atoms with Crippen molar-refractivity contribution in [1.29, 1.82) is 0 Å². The number of ether oxygens (including phenoxy) is 1. The first-order valence-corrected chi connectivity index (χ1v) is 15.0. The second-order valence-corrected chi connectivity index (χ2v) is 11.7. The van der Waals surface area contributed by atoms with Crippen LogP contribution in [-0.4, -0.2) is 81.6 Å².